The van der Waals surface area contributed by atoms with Crippen LogP contribution in [0.1, 0.15) is 27.3 Å². The van der Waals surface area contributed by atoms with Crippen LogP contribution in [0, 0.1) is 25.5 Å². The van der Waals surface area contributed by atoms with Gasteiger partial charge in [0.2, 0.25) is 5.95 Å². The predicted octanol–water partition coefficient (Wildman–Crippen LogP) is 4.05. The number of rotatable bonds is 5. The monoisotopic (exact) mass is 368 g/mol. The molecule has 0 aliphatic heterocycles. The van der Waals surface area contributed by atoms with E-state index in [0.29, 0.717) is 12.2 Å². The fourth-order valence-corrected chi connectivity index (χ4v) is 2.43. The molecule has 138 valence electrons. The maximum Gasteiger partial charge on any atom is 0.270 e. The minimum atomic E-state index is -0.773. The van der Waals surface area contributed by atoms with Crippen molar-refractivity contribution in [2.24, 2.45) is 0 Å². The zero-order chi connectivity index (χ0) is 19.4. The first kappa shape index (κ1) is 18.4. The molecule has 1 heterocycles. The van der Waals surface area contributed by atoms with Crippen LogP contribution in [0.15, 0.2) is 48.5 Å². The van der Waals surface area contributed by atoms with Gasteiger partial charge in [0.1, 0.15) is 17.3 Å². The summed E-state index contributed by atoms with van der Waals surface area (Å²) >= 11 is 0. The van der Waals surface area contributed by atoms with Crippen LogP contribution >= 0.6 is 0 Å². The Balaban J connectivity index is 1.73. The van der Waals surface area contributed by atoms with Crippen LogP contribution in [-0.4, -0.2) is 15.9 Å². The van der Waals surface area contributed by atoms with Crippen molar-refractivity contribution in [1.82, 2.24) is 15.3 Å². The summed E-state index contributed by atoms with van der Waals surface area (Å²) in [6, 6.07) is 12.5. The average molecular weight is 368 g/mol. The number of nitrogens with zero attached hydrogens (tertiary/aromatic N) is 2. The quantitative estimate of drug-likeness (QED) is 0.713. The molecule has 0 saturated carbocycles. The fourth-order valence-electron chi connectivity index (χ4n) is 2.43. The van der Waals surface area contributed by atoms with Crippen molar-refractivity contribution >= 4 is 17.5 Å². The molecule has 0 radical (unpaired) electrons. The zero-order valence-electron chi connectivity index (χ0n) is 14.9. The van der Waals surface area contributed by atoms with Gasteiger partial charge in [0.25, 0.3) is 5.91 Å². The largest absolute Gasteiger partial charge is 0.347 e. The molecule has 0 aliphatic rings. The third-order valence-corrected chi connectivity index (χ3v) is 3.84. The molecule has 3 aromatic rings. The number of benzene rings is 2. The topological polar surface area (TPSA) is 66.9 Å². The minimum Gasteiger partial charge on any atom is -0.347 e. The van der Waals surface area contributed by atoms with Gasteiger partial charge in [-0.2, -0.15) is 0 Å². The van der Waals surface area contributed by atoms with Gasteiger partial charge in [0, 0.05) is 18.3 Å². The molecule has 7 heteroatoms. The normalized spacial score (nSPS) is 10.5. The lowest BCUT2D eigenvalue weighted by atomic mass is 10.1. The SMILES string of the molecule is Cc1ccc(CNC(=O)c2cc(C)nc(Nc3ccc(F)cc3F)n2)cc1. The summed E-state index contributed by atoms with van der Waals surface area (Å²) in [5, 5.41) is 5.46. The second kappa shape index (κ2) is 7.90. The maximum absolute atomic E-state index is 13.8. The predicted molar refractivity (Wildman–Crippen MR) is 98.8 cm³/mol. The van der Waals surface area contributed by atoms with Gasteiger partial charge in [0.05, 0.1) is 5.69 Å². The van der Waals surface area contributed by atoms with Gasteiger partial charge < -0.3 is 10.6 Å². The number of halogens is 2. The van der Waals surface area contributed by atoms with Crippen LogP contribution in [0.3, 0.4) is 0 Å². The molecule has 0 bridgehead atoms. The summed E-state index contributed by atoms with van der Waals surface area (Å²) < 4.78 is 26.8. The number of carbonyl (C=O) groups is 1. The van der Waals surface area contributed by atoms with Crippen LogP contribution in [0.25, 0.3) is 0 Å². The number of hydrogen-bond acceptors (Lipinski definition) is 4. The van der Waals surface area contributed by atoms with Gasteiger partial charge in [0.15, 0.2) is 0 Å². The smallest absolute Gasteiger partial charge is 0.270 e. The molecule has 3 rings (SSSR count). The number of carbonyl (C=O) groups excluding carboxylic acids is 1. The zero-order valence-corrected chi connectivity index (χ0v) is 14.9. The maximum atomic E-state index is 13.8. The Morgan fingerprint density at radius 2 is 1.74 bits per heavy atom. The Morgan fingerprint density at radius 3 is 2.44 bits per heavy atom. The number of anilines is 2. The lowest BCUT2D eigenvalue weighted by Gasteiger charge is -2.10. The van der Waals surface area contributed by atoms with Gasteiger partial charge in [-0.3, -0.25) is 4.79 Å². The lowest BCUT2D eigenvalue weighted by Crippen LogP contribution is -2.24. The first-order valence-electron chi connectivity index (χ1n) is 8.32. The van der Waals surface area contributed by atoms with Gasteiger partial charge >= 0.3 is 0 Å². The highest BCUT2D eigenvalue weighted by Gasteiger charge is 2.12. The van der Waals surface area contributed by atoms with E-state index in [9.17, 15) is 13.6 Å². The molecule has 0 aliphatic carbocycles. The van der Waals surface area contributed by atoms with Crippen LogP contribution in [-0.2, 0) is 6.54 Å². The summed E-state index contributed by atoms with van der Waals surface area (Å²) in [5.74, 6) is -1.77. The third kappa shape index (κ3) is 4.84. The Kier molecular flexibility index (Phi) is 5.40. The van der Waals surface area contributed by atoms with Crippen molar-refractivity contribution in [2.45, 2.75) is 20.4 Å². The van der Waals surface area contributed by atoms with E-state index in [2.05, 4.69) is 20.6 Å². The molecule has 0 unspecified atom stereocenters. The molecule has 0 fully saturated rings. The molecular formula is C20H18F2N4O. The molecule has 0 saturated heterocycles. The van der Waals surface area contributed by atoms with E-state index in [0.717, 1.165) is 23.3 Å². The van der Waals surface area contributed by atoms with E-state index in [1.54, 1.807) is 6.92 Å². The summed E-state index contributed by atoms with van der Waals surface area (Å²) in [6.45, 7) is 4.05. The highest BCUT2D eigenvalue weighted by molar-refractivity contribution is 5.92. The van der Waals surface area contributed by atoms with Crippen molar-refractivity contribution in [3.63, 3.8) is 0 Å². The first-order valence-corrected chi connectivity index (χ1v) is 8.32. The van der Waals surface area contributed by atoms with Gasteiger partial charge in [-0.25, -0.2) is 18.7 Å². The molecule has 27 heavy (non-hydrogen) atoms. The Bertz CT molecular complexity index is 974. The number of hydrogen-bond donors (Lipinski definition) is 2. The van der Waals surface area contributed by atoms with Gasteiger partial charge in [-0.1, -0.05) is 29.8 Å². The number of aromatic nitrogens is 2. The highest BCUT2D eigenvalue weighted by atomic mass is 19.1. The molecule has 5 nitrogen and oxygen atoms in total. The van der Waals surface area contributed by atoms with E-state index in [1.807, 2.05) is 31.2 Å². The van der Waals surface area contributed by atoms with Gasteiger partial charge in [-0.15, -0.1) is 0 Å². The van der Waals surface area contributed by atoms with E-state index < -0.39 is 11.6 Å². The minimum absolute atomic E-state index is 0.0213. The Labute approximate surface area is 155 Å². The Morgan fingerprint density at radius 1 is 1.00 bits per heavy atom. The van der Waals surface area contributed by atoms with Crippen molar-refractivity contribution in [3.05, 3.63) is 82.7 Å². The van der Waals surface area contributed by atoms with Crippen LogP contribution in [0.4, 0.5) is 20.4 Å². The molecule has 1 amide bonds. The van der Waals surface area contributed by atoms with Crippen molar-refractivity contribution in [3.8, 4) is 0 Å². The number of aryl methyl sites for hydroxylation is 2. The van der Waals surface area contributed by atoms with Crippen molar-refractivity contribution in [1.29, 1.82) is 0 Å². The average Bonchev–Trinajstić information content (AvgIpc) is 2.63. The van der Waals surface area contributed by atoms with E-state index in [-0.39, 0.29) is 23.2 Å². The van der Waals surface area contributed by atoms with Crippen LogP contribution in [0.5, 0.6) is 0 Å². The van der Waals surface area contributed by atoms with E-state index in [4.69, 9.17) is 0 Å². The summed E-state index contributed by atoms with van der Waals surface area (Å²) in [4.78, 5) is 20.7. The van der Waals surface area contributed by atoms with E-state index in [1.165, 1.54) is 12.1 Å². The lowest BCUT2D eigenvalue weighted by molar-refractivity contribution is 0.0945. The third-order valence-electron chi connectivity index (χ3n) is 3.84. The molecule has 2 N–H and O–H groups in total. The van der Waals surface area contributed by atoms with Crippen molar-refractivity contribution < 1.29 is 13.6 Å². The molecule has 1 aromatic heterocycles. The molecule has 0 spiro atoms. The summed E-state index contributed by atoms with van der Waals surface area (Å²) in [5.41, 5.74) is 2.81. The molecular weight excluding hydrogens is 350 g/mol. The second-order valence-electron chi connectivity index (χ2n) is 6.14. The molecule has 2 aromatic carbocycles. The molecule has 0 atom stereocenters. The Hall–Kier alpha value is -3.35. The fraction of sp³-hybridized carbons (Fsp3) is 0.150. The summed E-state index contributed by atoms with van der Waals surface area (Å²) in [6.07, 6.45) is 0. The number of nitrogens with one attached hydrogen (secondary N) is 2. The van der Waals surface area contributed by atoms with Crippen molar-refractivity contribution in [2.75, 3.05) is 5.32 Å². The van der Waals surface area contributed by atoms with Crippen LogP contribution < -0.4 is 10.6 Å². The van der Waals surface area contributed by atoms with E-state index >= 15 is 0 Å². The van der Waals surface area contributed by atoms with Gasteiger partial charge in [-0.05, 0) is 37.6 Å². The van der Waals surface area contributed by atoms with Crippen LogP contribution in [0.2, 0.25) is 0 Å². The first-order chi connectivity index (χ1) is 12.9. The highest BCUT2D eigenvalue weighted by Crippen LogP contribution is 2.19. The second-order valence-corrected chi connectivity index (χ2v) is 6.14. The summed E-state index contributed by atoms with van der Waals surface area (Å²) in [7, 11) is 0. The standard InChI is InChI=1S/C20H18F2N4O/c1-12-3-5-14(6-4-12)11-23-19(27)18-9-13(2)24-20(26-18)25-17-8-7-15(21)10-16(17)22/h3-10H,11H2,1-2H3,(H,23,27)(H,24,25,26). The number of amides is 1.